The van der Waals surface area contributed by atoms with Crippen molar-refractivity contribution in [2.24, 2.45) is 0 Å². The topological polar surface area (TPSA) is 120 Å². The highest BCUT2D eigenvalue weighted by molar-refractivity contribution is 6.31. The van der Waals surface area contributed by atoms with Crippen LogP contribution in [-0.4, -0.2) is 36.6 Å². The number of carbonyl (C=O) groups is 2. The van der Waals surface area contributed by atoms with Crippen LogP contribution in [0.2, 0.25) is 0 Å². The van der Waals surface area contributed by atoms with Crippen molar-refractivity contribution in [1.29, 1.82) is 0 Å². The monoisotopic (exact) mass is 489 g/mol. The van der Waals surface area contributed by atoms with E-state index >= 15 is 0 Å². The number of nitrogens with zero attached hydrogens (tertiary/aromatic N) is 2. The summed E-state index contributed by atoms with van der Waals surface area (Å²) < 4.78 is 17.0. The first kappa shape index (κ1) is 24.3. The number of rotatable bonds is 10. The number of hydrogen-bond donors (Lipinski definition) is 1. The van der Waals surface area contributed by atoms with Crippen molar-refractivity contribution in [3.8, 4) is 17.2 Å². The molecule has 3 aromatic rings. The fraction of sp³-hybridized carbons (Fsp3) is 0.154. The molecule has 0 radical (unpaired) electrons. The molecule has 0 bridgehead atoms. The van der Waals surface area contributed by atoms with Gasteiger partial charge >= 0.3 is 0 Å². The Balaban J connectivity index is 1.41. The second-order valence-electron chi connectivity index (χ2n) is 7.56. The summed E-state index contributed by atoms with van der Waals surface area (Å²) in [7, 11) is 0. The first-order chi connectivity index (χ1) is 17.5. The summed E-state index contributed by atoms with van der Waals surface area (Å²) in [6.07, 6.45) is 1.50. The molecule has 1 aliphatic heterocycles. The van der Waals surface area contributed by atoms with Crippen molar-refractivity contribution in [3.63, 3.8) is 0 Å². The predicted octanol–water partition coefficient (Wildman–Crippen LogP) is 3.91. The second kappa shape index (κ2) is 11.0. The predicted molar refractivity (Wildman–Crippen MR) is 132 cm³/mol. The first-order valence-electron chi connectivity index (χ1n) is 11.2. The quantitative estimate of drug-likeness (QED) is 0.151. The average Bonchev–Trinajstić information content (AvgIpc) is 3.17. The maximum Gasteiger partial charge on any atom is 0.282 e. The minimum absolute atomic E-state index is 0.00599. The Hall–Kier alpha value is -4.86. The molecule has 10 nitrogen and oxygen atoms in total. The molecule has 4 rings (SSSR count). The number of amides is 2. The minimum atomic E-state index is -0.495. The van der Waals surface area contributed by atoms with Crippen LogP contribution in [-0.2, 0) is 9.59 Å². The molecule has 184 valence electrons. The molecular weight excluding hydrogens is 466 g/mol. The van der Waals surface area contributed by atoms with Gasteiger partial charge in [-0.15, -0.1) is 0 Å². The minimum Gasteiger partial charge on any atom is -0.490 e. The van der Waals surface area contributed by atoms with Crippen LogP contribution in [0.15, 0.2) is 78.4 Å². The summed E-state index contributed by atoms with van der Waals surface area (Å²) in [4.78, 5) is 35.5. The van der Waals surface area contributed by atoms with Crippen LogP contribution in [0, 0.1) is 10.1 Å². The molecule has 1 saturated heterocycles. The third-order valence-corrected chi connectivity index (χ3v) is 5.14. The molecule has 3 aromatic carbocycles. The van der Waals surface area contributed by atoms with Crippen molar-refractivity contribution in [1.82, 2.24) is 5.43 Å². The van der Waals surface area contributed by atoms with Gasteiger partial charge in [0.25, 0.3) is 17.5 Å². The summed E-state index contributed by atoms with van der Waals surface area (Å²) in [5, 5.41) is 11.9. The number of anilines is 1. The molecule has 0 unspecified atom stereocenters. The van der Waals surface area contributed by atoms with Crippen LogP contribution in [0.4, 0.5) is 11.4 Å². The van der Waals surface area contributed by atoms with Crippen LogP contribution in [0.25, 0.3) is 6.08 Å². The Morgan fingerprint density at radius 3 is 2.33 bits per heavy atom. The number of non-ortho nitro benzene ring substituents is 1. The van der Waals surface area contributed by atoms with Crippen LogP contribution in [0.1, 0.15) is 12.5 Å². The first-order valence-corrected chi connectivity index (χ1v) is 11.2. The Morgan fingerprint density at radius 1 is 0.917 bits per heavy atom. The summed E-state index contributed by atoms with van der Waals surface area (Å²) in [5.74, 6) is 0.464. The van der Waals surface area contributed by atoms with Crippen molar-refractivity contribution in [2.45, 2.75) is 6.92 Å². The maximum atomic E-state index is 12.8. The molecule has 10 heteroatoms. The van der Waals surface area contributed by atoms with Gasteiger partial charge in [0, 0.05) is 12.1 Å². The van der Waals surface area contributed by atoms with E-state index in [2.05, 4.69) is 5.43 Å². The van der Waals surface area contributed by atoms with Gasteiger partial charge in [-0.05, 0) is 55.0 Å². The number of benzene rings is 3. The second-order valence-corrected chi connectivity index (χ2v) is 7.56. The smallest absolute Gasteiger partial charge is 0.282 e. The molecule has 2 amide bonds. The molecule has 36 heavy (non-hydrogen) atoms. The zero-order chi connectivity index (χ0) is 25.5. The Labute approximate surface area is 206 Å². The lowest BCUT2D eigenvalue weighted by Crippen LogP contribution is -2.35. The van der Waals surface area contributed by atoms with E-state index in [0.717, 1.165) is 0 Å². The zero-order valence-corrected chi connectivity index (χ0v) is 19.4. The van der Waals surface area contributed by atoms with Gasteiger partial charge in [-0.3, -0.25) is 25.1 Å². The van der Waals surface area contributed by atoms with Crippen molar-refractivity contribution in [2.75, 3.05) is 24.8 Å². The van der Waals surface area contributed by atoms with Crippen molar-refractivity contribution >= 4 is 29.3 Å². The van der Waals surface area contributed by atoms with Gasteiger partial charge in [0.1, 0.15) is 24.5 Å². The van der Waals surface area contributed by atoms with Gasteiger partial charge in [0.15, 0.2) is 11.5 Å². The maximum absolute atomic E-state index is 12.8. The number of ether oxygens (including phenoxy) is 3. The molecule has 1 aliphatic rings. The summed E-state index contributed by atoms with van der Waals surface area (Å²) >= 11 is 0. The normalized spacial score (nSPS) is 14.0. The van der Waals surface area contributed by atoms with E-state index in [4.69, 9.17) is 14.2 Å². The molecule has 0 aliphatic carbocycles. The van der Waals surface area contributed by atoms with Gasteiger partial charge in [0.2, 0.25) is 0 Å². The van der Waals surface area contributed by atoms with Crippen LogP contribution < -0.4 is 24.6 Å². The van der Waals surface area contributed by atoms with Gasteiger partial charge < -0.3 is 14.2 Å². The largest absolute Gasteiger partial charge is 0.490 e. The number of nitro benzene ring substituents is 1. The third kappa shape index (κ3) is 5.61. The molecule has 0 saturated carbocycles. The lowest BCUT2D eigenvalue weighted by atomic mass is 10.1. The van der Waals surface area contributed by atoms with Gasteiger partial charge in [-0.1, -0.05) is 24.3 Å². The van der Waals surface area contributed by atoms with E-state index in [1.807, 2.05) is 13.0 Å². The van der Waals surface area contributed by atoms with Gasteiger partial charge in [-0.2, -0.15) is 0 Å². The van der Waals surface area contributed by atoms with E-state index in [9.17, 15) is 19.7 Å². The van der Waals surface area contributed by atoms with E-state index < -0.39 is 16.7 Å². The number of nitrogens with one attached hydrogen (secondary N) is 1. The zero-order valence-electron chi connectivity index (χ0n) is 19.4. The Morgan fingerprint density at radius 2 is 1.64 bits per heavy atom. The highest BCUT2D eigenvalue weighted by atomic mass is 16.6. The molecule has 1 N–H and O–H groups in total. The van der Waals surface area contributed by atoms with Crippen molar-refractivity contribution < 1.29 is 28.7 Å². The van der Waals surface area contributed by atoms with Crippen LogP contribution in [0.5, 0.6) is 17.2 Å². The van der Waals surface area contributed by atoms with E-state index in [-0.39, 0.29) is 24.5 Å². The molecule has 0 atom stereocenters. The van der Waals surface area contributed by atoms with Gasteiger partial charge in [-0.25, -0.2) is 5.01 Å². The fourth-order valence-electron chi connectivity index (χ4n) is 3.46. The molecule has 1 heterocycles. The number of nitro groups is 1. The Kier molecular flexibility index (Phi) is 7.45. The molecule has 1 fully saturated rings. The number of hydrogen-bond acceptors (Lipinski definition) is 7. The average molecular weight is 489 g/mol. The lowest BCUT2D eigenvalue weighted by molar-refractivity contribution is -0.384. The van der Waals surface area contributed by atoms with Crippen molar-refractivity contribution in [3.05, 3.63) is 94.0 Å². The highest BCUT2D eigenvalue weighted by Crippen LogP contribution is 2.30. The highest BCUT2D eigenvalue weighted by Gasteiger charge is 2.34. The van der Waals surface area contributed by atoms with E-state index in [1.165, 1.54) is 35.4 Å². The summed E-state index contributed by atoms with van der Waals surface area (Å²) in [6, 6.07) is 19.7. The standard InChI is InChI=1S/C26H23N3O7/c1-2-34-24-17-18(16-22-25(30)27-28(26(22)31)19-6-4-3-5-7-19)8-13-23(24)36-15-14-35-21-11-9-20(10-12-21)29(32)33/h3-13,16-17H,2,14-15H2,1H3,(H,27,30)/b22-16-. The number of para-hydroxylation sites is 1. The van der Waals surface area contributed by atoms with Crippen LogP contribution in [0.3, 0.4) is 0 Å². The van der Waals surface area contributed by atoms with Crippen LogP contribution >= 0.6 is 0 Å². The number of carbonyl (C=O) groups excluding carboxylic acids is 2. The third-order valence-electron chi connectivity index (χ3n) is 5.14. The lowest BCUT2D eigenvalue weighted by Gasteiger charge is -2.14. The molecular formula is C26H23N3O7. The summed E-state index contributed by atoms with van der Waals surface area (Å²) in [6.45, 7) is 2.62. The number of hydrazine groups is 1. The van der Waals surface area contributed by atoms with Gasteiger partial charge in [0.05, 0.1) is 17.2 Å². The molecule has 0 aromatic heterocycles. The van der Waals surface area contributed by atoms with E-state index in [0.29, 0.717) is 35.1 Å². The van der Waals surface area contributed by atoms with E-state index in [1.54, 1.807) is 42.5 Å². The fourth-order valence-corrected chi connectivity index (χ4v) is 3.46. The Bertz CT molecular complexity index is 1290. The molecule has 0 spiro atoms. The summed E-state index contributed by atoms with van der Waals surface area (Å²) in [5.41, 5.74) is 3.73. The SMILES string of the molecule is CCOc1cc(/C=C2/C(=O)NN(c3ccccc3)C2=O)ccc1OCCOc1ccc([N+](=O)[O-])cc1.